The van der Waals surface area contributed by atoms with Crippen molar-refractivity contribution in [2.75, 3.05) is 0 Å². The lowest BCUT2D eigenvalue weighted by Crippen LogP contribution is -2.41. The molecule has 5 heteroatoms. The van der Waals surface area contributed by atoms with Crippen LogP contribution in [0.3, 0.4) is 0 Å². The average molecular weight is 336 g/mol. The normalized spacial score (nSPS) is 12.4. The van der Waals surface area contributed by atoms with Gasteiger partial charge in [-0.3, -0.25) is 4.79 Å². The SMILES string of the molecule is CC(C)[C@@H](C)N(Cc1ccco1)C(=O)Cc1ccc(O)c(Cl)c1. The van der Waals surface area contributed by atoms with E-state index in [4.69, 9.17) is 16.0 Å². The first-order valence-electron chi connectivity index (χ1n) is 7.67. The van der Waals surface area contributed by atoms with Gasteiger partial charge in [0.2, 0.25) is 5.91 Å². The third-order valence-electron chi connectivity index (χ3n) is 4.05. The van der Waals surface area contributed by atoms with Gasteiger partial charge in [0.1, 0.15) is 11.5 Å². The summed E-state index contributed by atoms with van der Waals surface area (Å²) < 4.78 is 5.38. The summed E-state index contributed by atoms with van der Waals surface area (Å²) in [6, 6.07) is 8.61. The number of hydrogen-bond acceptors (Lipinski definition) is 3. The average Bonchev–Trinajstić information content (AvgIpc) is 3.00. The molecule has 0 fully saturated rings. The summed E-state index contributed by atoms with van der Waals surface area (Å²) in [6.45, 7) is 6.65. The fraction of sp³-hybridized carbons (Fsp3) is 0.389. The maximum Gasteiger partial charge on any atom is 0.227 e. The quantitative estimate of drug-likeness (QED) is 0.858. The molecule has 0 saturated heterocycles. The van der Waals surface area contributed by atoms with Gasteiger partial charge in [0.05, 0.1) is 24.3 Å². The Balaban J connectivity index is 2.16. The van der Waals surface area contributed by atoms with E-state index in [1.165, 1.54) is 6.07 Å². The fourth-order valence-corrected chi connectivity index (χ4v) is 2.53. The van der Waals surface area contributed by atoms with Crippen LogP contribution in [-0.2, 0) is 17.8 Å². The summed E-state index contributed by atoms with van der Waals surface area (Å²) in [5.74, 6) is 1.11. The molecule has 0 aliphatic heterocycles. The van der Waals surface area contributed by atoms with Gasteiger partial charge in [-0.25, -0.2) is 0 Å². The van der Waals surface area contributed by atoms with Crippen LogP contribution in [0.4, 0.5) is 0 Å². The summed E-state index contributed by atoms with van der Waals surface area (Å²) in [6.07, 6.45) is 1.84. The maximum atomic E-state index is 12.8. The largest absolute Gasteiger partial charge is 0.506 e. The smallest absolute Gasteiger partial charge is 0.227 e. The Labute approximate surface area is 141 Å². The number of hydrogen-bond donors (Lipinski definition) is 1. The van der Waals surface area contributed by atoms with E-state index < -0.39 is 0 Å². The van der Waals surface area contributed by atoms with E-state index in [0.717, 1.165) is 11.3 Å². The second-order valence-electron chi connectivity index (χ2n) is 6.05. The molecule has 0 unspecified atom stereocenters. The maximum absolute atomic E-state index is 12.8. The number of phenolic OH excluding ortho intramolecular Hbond substituents is 1. The van der Waals surface area contributed by atoms with Crippen molar-refractivity contribution in [3.05, 3.63) is 52.9 Å². The number of aromatic hydroxyl groups is 1. The molecule has 1 amide bonds. The molecule has 1 N–H and O–H groups in total. The van der Waals surface area contributed by atoms with Crippen LogP contribution in [0.5, 0.6) is 5.75 Å². The topological polar surface area (TPSA) is 53.7 Å². The Morgan fingerprint density at radius 3 is 2.61 bits per heavy atom. The van der Waals surface area contributed by atoms with E-state index in [1.807, 2.05) is 24.0 Å². The number of phenols is 1. The molecule has 124 valence electrons. The fourth-order valence-electron chi connectivity index (χ4n) is 2.33. The van der Waals surface area contributed by atoms with Crippen molar-refractivity contribution in [3.8, 4) is 5.75 Å². The van der Waals surface area contributed by atoms with Crippen LogP contribution >= 0.6 is 11.6 Å². The highest BCUT2D eigenvalue weighted by Crippen LogP contribution is 2.24. The Bertz CT molecular complexity index is 652. The third kappa shape index (κ3) is 4.52. The third-order valence-corrected chi connectivity index (χ3v) is 4.35. The van der Waals surface area contributed by atoms with Crippen LogP contribution in [0.25, 0.3) is 0 Å². The molecule has 23 heavy (non-hydrogen) atoms. The van der Waals surface area contributed by atoms with E-state index in [2.05, 4.69) is 13.8 Å². The summed E-state index contributed by atoms with van der Waals surface area (Å²) in [5, 5.41) is 9.73. The first-order valence-corrected chi connectivity index (χ1v) is 8.05. The van der Waals surface area contributed by atoms with Gasteiger partial charge in [-0.1, -0.05) is 31.5 Å². The molecule has 1 heterocycles. The van der Waals surface area contributed by atoms with Gasteiger partial charge in [-0.2, -0.15) is 0 Å². The van der Waals surface area contributed by atoms with Crippen molar-refractivity contribution in [2.45, 2.75) is 39.8 Å². The molecule has 1 aromatic heterocycles. The van der Waals surface area contributed by atoms with Crippen molar-refractivity contribution in [3.63, 3.8) is 0 Å². The van der Waals surface area contributed by atoms with Crippen LogP contribution in [0.2, 0.25) is 5.02 Å². The zero-order valence-electron chi connectivity index (χ0n) is 13.6. The van der Waals surface area contributed by atoms with Gasteiger partial charge in [-0.05, 0) is 42.7 Å². The highest BCUT2D eigenvalue weighted by Gasteiger charge is 2.24. The number of rotatable bonds is 6. The minimum absolute atomic E-state index is 0.00403. The molecule has 2 rings (SSSR count). The van der Waals surface area contributed by atoms with Gasteiger partial charge < -0.3 is 14.4 Å². The Morgan fingerprint density at radius 1 is 1.30 bits per heavy atom. The van der Waals surface area contributed by atoms with Crippen LogP contribution < -0.4 is 0 Å². The molecule has 2 aromatic rings. The van der Waals surface area contributed by atoms with Gasteiger partial charge in [-0.15, -0.1) is 0 Å². The Hall–Kier alpha value is -1.94. The number of nitrogens with zero attached hydrogens (tertiary/aromatic N) is 1. The lowest BCUT2D eigenvalue weighted by molar-refractivity contribution is -0.134. The molecule has 4 nitrogen and oxygen atoms in total. The van der Waals surface area contributed by atoms with Crippen LogP contribution in [0.1, 0.15) is 32.1 Å². The number of furan rings is 1. The molecule has 0 radical (unpaired) electrons. The van der Waals surface area contributed by atoms with E-state index >= 15 is 0 Å². The molecule has 0 aliphatic rings. The van der Waals surface area contributed by atoms with Crippen LogP contribution in [-0.4, -0.2) is 22.0 Å². The summed E-state index contributed by atoms with van der Waals surface area (Å²) >= 11 is 5.92. The van der Waals surface area contributed by atoms with Crippen molar-refractivity contribution in [2.24, 2.45) is 5.92 Å². The zero-order valence-corrected chi connectivity index (χ0v) is 14.4. The zero-order chi connectivity index (χ0) is 17.0. The molecule has 0 spiro atoms. The standard InChI is InChI=1S/C18H22ClNO3/c1-12(2)13(3)20(11-15-5-4-8-23-15)18(22)10-14-6-7-17(21)16(19)9-14/h4-9,12-13,21H,10-11H2,1-3H3/t13-/m1/s1. The van der Waals surface area contributed by atoms with Gasteiger partial charge >= 0.3 is 0 Å². The van der Waals surface area contributed by atoms with E-state index in [9.17, 15) is 9.90 Å². The highest BCUT2D eigenvalue weighted by atomic mass is 35.5. The summed E-state index contributed by atoms with van der Waals surface area (Å²) in [4.78, 5) is 14.6. The predicted molar refractivity (Wildman–Crippen MR) is 90.4 cm³/mol. The molecular weight excluding hydrogens is 314 g/mol. The second kappa shape index (κ2) is 7.55. The van der Waals surface area contributed by atoms with Crippen molar-refractivity contribution in [1.82, 2.24) is 4.90 Å². The summed E-state index contributed by atoms with van der Waals surface area (Å²) in [5.41, 5.74) is 0.776. The van der Waals surface area contributed by atoms with Gasteiger partial charge in [0, 0.05) is 6.04 Å². The molecule has 0 aliphatic carbocycles. The lowest BCUT2D eigenvalue weighted by atomic mass is 10.0. The van der Waals surface area contributed by atoms with E-state index in [0.29, 0.717) is 12.5 Å². The second-order valence-corrected chi connectivity index (χ2v) is 6.46. The van der Waals surface area contributed by atoms with Crippen molar-refractivity contribution < 1.29 is 14.3 Å². The lowest BCUT2D eigenvalue weighted by Gasteiger charge is -2.31. The number of halogens is 1. The number of benzene rings is 1. The first-order chi connectivity index (χ1) is 10.9. The molecule has 1 aromatic carbocycles. The van der Waals surface area contributed by atoms with Crippen LogP contribution in [0.15, 0.2) is 41.0 Å². The minimum atomic E-state index is 0.00403. The summed E-state index contributed by atoms with van der Waals surface area (Å²) in [7, 11) is 0. The monoisotopic (exact) mass is 335 g/mol. The molecule has 0 saturated carbocycles. The van der Waals surface area contributed by atoms with Crippen LogP contribution in [0, 0.1) is 5.92 Å². The van der Waals surface area contributed by atoms with Gasteiger partial charge in [0.15, 0.2) is 0 Å². The Kier molecular flexibility index (Phi) is 5.72. The van der Waals surface area contributed by atoms with E-state index in [-0.39, 0.29) is 29.1 Å². The predicted octanol–water partition coefficient (Wildman–Crippen LogP) is 4.25. The number of carbonyl (C=O) groups excluding carboxylic acids is 1. The van der Waals surface area contributed by atoms with Gasteiger partial charge in [0.25, 0.3) is 0 Å². The van der Waals surface area contributed by atoms with Crippen molar-refractivity contribution >= 4 is 17.5 Å². The number of carbonyl (C=O) groups is 1. The Morgan fingerprint density at radius 2 is 2.04 bits per heavy atom. The molecule has 0 bridgehead atoms. The van der Waals surface area contributed by atoms with E-state index in [1.54, 1.807) is 18.4 Å². The molecule has 1 atom stereocenters. The minimum Gasteiger partial charge on any atom is -0.506 e. The molecular formula is C18H22ClNO3. The van der Waals surface area contributed by atoms with Crippen molar-refractivity contribution in [1.29, 1.82) is 0 Å². The highest BCUT2D eigenvalue weighted by molar-refractivity contribution is 6.32. The number of amides is 1. The first kappa shape index (κ1) is 17.4.